The molecule has 0 atom stereocenters. The van der Waals surface area contributed by atoms with Gasteiger partial charge < -0.3 is 10.2 Å². The molecule has 0 aromatic heterocycles. The van der Waals surface area contributed by atoms with Crippen molar-refractivity contribution in [2.45, 2.75) is 37.9 Å². The van der Waals surface area contributed by atoms with E-state index in [-0.39, 0.29) is 11.7 Å². The van der Waals surface area contributed by atoms with Gasteiger partial charge in [0.2, 0.25) is 10.0 Å². The normalized spacial score (nSPS) is 16.8. The number of hydrogen-bond acceptors (Lipinski definition) is 4. The van der Waals surface area contributed by atoms with Crippen molar-refractivity contribution in [2.24, 2.45) is 0 Å². The quantitative estimate of drug-likeness (QED) is 0.639. The molecular weight excluding hydrogens is 410 g/mol. The van der Waals surface area contributed by atoms with Crippen LogP contribution in [-0.2, 0) is 22.2 Å². The summed E-state index contributed by atoms with van der Waals surface area (Å²) in [6, 6.07) is 15.4. The zero-order chi connectivity index (χ0) is 21.7. The van der Waals surface area contributed by atoms with Gasteiger partial charge in [-0.3, -0.25) is 4.79 Å². The topological polar surface area (TPSA) is 69.7 Å². The van der Waals surface area contributed by atoms with Crippen LogP contribution in [0, 0.1) is 0 Å². The number of piperidine rings is 1. The van der Waals surface area contributed by atoms with E-state index in [1.54, 1.807) is 28.6 Å². The first-order valence-corrected chi connectivity index (χ1v) is 12.8. The Morgan fingerprint density at radius 1 is 0.935 bits per heavy atom. The number of rotatable bonds is 8. The van der Waals surface area contributed by atoms with E-state index in [1.165, 1.54) is 11.3 Å². The number of sulfonamides is 1. The molecule has 2 aromatic rings. The highest BCUT2D eigenvalue weighted by Crippen LogP contribution is 2.27. The largest absolute Gasteiger partial charge is 0.371 e. The summed E-state index contributed by atoms with van der Waals surface area (Å²) >= 11 is 0. The molecule has 6 nitrogen and oxygen atoms in total. The minimum Gasteiger partial charge on any atom is -0.371 e. The molecule has 2 heterocycles. The fourth-order valence-electron chi connectivity index (χ4n) is 4.41. The number of carbonyl (C=O) groups excluding carboxylic acids is 1. The number of para-hydroxylation sites is 1. The molecule has 1 saturated heterocycles. The number of anilines is 1. The Balaban J connectivity index is 1.23. The lowest BCUT2D eigenvalue weighted by molar-refractivity contribution is 0.0953. The van der Waals surface area contributed by atoms with Crippen molar-refractivity contribution in [1.29, 1.82) is 0 Å². The fraction of sp³-hybridized carbons (Fsp3) is 0.458. The molecule has 2 aromatic carbocycles. The Bertz CT molecular complexity index is 999. The van der Waals surface area contributed by atoms with Gasteiger partial charge in [0.15, 0.2) is 0 Å². The molecule has 2 aliphatic rings. The van der Waals surface area contributed by atoms with Gasteiger partial charge in [0.25, 0.3) is 5.91 Å². The zero-order valence-electron chi connectivity index (χ0n) is 17.9. The number of carbonyl (C=O) groups is 1. The van der Waals surface area contributed by atoms with E-state index in [2.05, 4.69) is 34.5 Å². The highest BCUT2D eigenvalue weighted by molar-refractivity contribution is 7.88. The summed E-state index contributed by atoms with van der Waals surface area (Å²) in [6.45, 7) is 3.81. The Morgan fingerprint density at radius 2 is 1.68 bits per heavy atom. The van der Waals surface area contributed by atoms with Crippen molar-refractivity contribution < 1.29 is 13.2 Å². The molecule has 4 rings (SSSR count). The van der Waals surface area contributed by atoms with E-state index >= 15 is 0 Å². The van der Waals surface area contributed by atoms with Gasteiger partial charge in [0, 0.05) is 44.0 Å². The fourth-order valence-corrected chi connectivity index (χ4v) is 6.02. The van der Waals surface area contributed by atoms with E-state index in [9.17, 15) is 13.2 Å². The maximum Gasteiger partial charge on any atom is 0.251 e. The second-order valence-electron chi connectivity index (χ2n) is 8.39. The van der Waals surface area contributed by atoms with Crippen LogP contribution in [0.1, 0.15) is 47.2 Å². The summed E-state index contributed by atoms with van der Waals surface area (Å²) < 4.78 is 26.7. The van der Waals surface area contributed by atoms with Gasteiger partial charge in [-0.2, -0.15) is 0 Å². The van der Waals surface area contributed by atoms with Crippen LogP contribution in [0.3, 0.4) is 0 Å². The Labute approximate surface area is 185 Å². The molecule has 7 heteroatoms. The third kappa shape index (κ3) is 5.46. The molecular formula is C24H31N3O3S. The first-order chi connectivity index (χ1) is 15.0. The molecule has 31 heavy (non-hydrogen) atoms. The Kier molecular flexibility index (Phi) is 6.92. The summed E-state index contributed by atoms with van der Waals surface area (Å²) in [4.78, 5) is 14.8. The zero-order valence-corrected chi connectivity index (χ0v) is 18.7. The second kappa shape index (κ2) is 9.83. The van der Waals surface area contributed by atoms with Gasteiger partial charge >= 0.3 is 0 Å². The lowest BCUT2D eigenvalue weighted by Gasteiger charge is -2.25. The molecule has 2 aliphatic heterocycles. The van der Waals surface area contributed by atoms with E-state index in [0.29, 0.717) is 25.2 Å². The molecule has 0 saturated carbocycles. The van der Waals surface area contributed by atoms with Gasteiger partial charge in [-0.25, -0.2) is 12.7 Å². The van der Waals surface area contributed by atoms with Crippen molar-refractivity contribution >= 4 is 21.6 Å². The van der Waals surface area contributed by atoms with E-state index in [4.69, 9.17) is 0 Å². The van der Waals surface area contributed by atoms with Crippen molar-refractivity contribution in [2.75, 3.05) is 37.6 Å². The molecule has 0 radical (unpaired) electrons. The molecule has 0 spiro atoms. The van der Waals surface area contributed by atoms with E-state index in [0.717, 1.165) is 50.8 Å². The monoisotopic (exact) mass is 441 g/mol. The van der Waals surface area contributed by atoms with Gasteiger partial charge in [0.05, 0.1) is 5.75 Å². The van der Waals surface area contributed by atoms with Crippen LogP contribution in [0.25, 0.3) is 0 Å². The Hall–Kier alpha value is -2.38. The van der Waals surface area contributed by atoms with Gasteiger partial charge in [-0.05, 0) is 55.0 Å². The summed E-state index contributed by atoms with van der Waals surface area (Å²) in [5.74, 6) is -0.126. The average Bonchev–Trinajstić information content (AvgIpc) is 3.20. The van der Waals surface area contributed by atoms with Crippen LogP contribution >= 0.6 is 0 Å². The minimum atomic E-state index is -3.29. The lowest BCUT2D eigenvalue weighted by atomic mass is 10.1. The predicted octanol–water partition coefficient (Wildman–Crippen LogP) is 3.18. The average molecular weight is 442 g/mol. The molecule has 1 N–H and O–H groups in total. The first kappa shape index (κ1) is 21.8. The number of hydrogen-bond donors (Lipinski definition) is 1. The van der Waals surface area contributed by atoms with Crippen LogP contribution in [0.15, 0.2) is 48.5 Å². The molecule has 0 bridgehead atoms. The van der Waals surface area contributed by atoms with Crippen molar-refractivity contribution in [3.8, 4) is 0 Å². The molecule has 0 aliphatic carbocycles. The van der Waals surface area contributed by atoms with Crippen molar-refractivity contribution in [3.05, 3.63) is 65.2 Å². The molecule has 166 valence electrons. The number of nitrogens with zero attached hydrogens (tertiary/aromatic N) is 2. The summed E-state index contributed by atoms with van der Waals surface area (Å²) in [6.07, 6.45) is 4.93. The smallest absolute Gasteiger partial charge is 0.251 e. The predicted molar refractivity (Wildman–Crippen MR) is 124 cm³/mol. The Morgan fingerprint density at radius 3 is 2.45 bits per heavy atom. The van der Waals surface area contributed by atoms with Gasteiger partial charge in [-0.1, -0.05) is 36.8 Å². The van der Waals surface area contributed by atoms with E-state index in [1.807, 2.05) is 0 Å². The lowest BCUT2D eigenvalue weighted by Crippen LogP contribution is -2.36. The summed E-state index contributed by atoms with van der Waals surface area (Å²) in [5.41, 5.74) is 3.98. The highest BCUT2D eigenvalue weighted by Gasteiger charge is 2.24. The molecule has 1 fully saturated rings. The van der Waals surface area contributed by atoms with Crippen molar-refractivity contribution in [3.63, 3.8) is 0 Å². The third-order valence-corrected chi connectivity index (χ3v) is 8.00. The maximum atomic E-state index is 12.6. The number of amides is 1. The summed E-state index contributed by atoms with van der Waals surface area (Å²) in [7, 11) is -3.29. The SMILES string of the molecule is O=C(NCCCN1CCc2ccccc21)c1ccc(CS(=O)(=O)N2CCCCC2)cc1. The van der Waals surface area contributed by atoms with Crippen LogP contribution in [0.5, 0.6) is 0 Å². The molecule has 1 amide bonds. The third-order valence-electron chi connectivity index (χ3n) is 6.15. The van der Waals surface area contributed by atoms with Gasteiger partial charge in [0.1, 0.15) is 0 Å². The van der Waals surface area contributed by atoms with Gasteiger partial charge in [-0.15, -0.1) is 0 Å². The van der Waals surface area contributed by atoms with Crippen LogP contribution in [0.4, 0.5) is 5.69 Å². The van der Waals surface area contributed by atoms with Crippen LogP contribution < -0.4 is 10.2 Å². The summed E-state index contributed by atoms with van der Waals surface area (Å²) in [5, 5.41) is 2.97. The molecule has 0 unspecified atom stereocenters. The number of fused-ring (bicyclic) bond motifs is 1. The number of nitrogens with one attached hydrogen (secondary N) is 1. The first-order valence-electron chi connectivity index (χ1n) is 11.2. The maximum absolute atomic E-state index is 12.6. The second-order valence-corrected chi connectivity index (χ2v) is 10.4. The minimum absolute atomic E-state index is 0.00773. The van der Waals surface area contributed by atoms with Crippen molar-refractivity contribution in [1.82, 2.24) is 9.62 Å². The number of benzene rings is 2. The van der Waals surface area contributed by atoms with Crippen LogP contribution in [0.2, 0.25) is 0 Å². The van der Waals surface area contributed by atoms with Crippen LogP contribution in [-0.4, -0.2) is 51.4 Å². The van der Waals surface area contributed by atoms with E-state index < -0.39 is 10.0 Å². The highest BCUT2D eigenvalue weighted by atomic mass is 32.2. The standard InChI is InChI=1S/C24H31N3O3S/c28-24(25-14-6-15-26-18-13-21-7-2-3-8-23(21)26)22-11-9-20(10-12-22)19-31(29,30)27-16-4-1-5-17-27/h2-3,7-12H,1,4-6,13-19H2,(H,25,28).